The van der Waals surface area contributed by atoms with E-state index < -0.39 is 0 Å². The first kappa shape index (κ1) is 10.9. The van der Waals surface area contributed by atoms with E-state index in [1.165, 1.54) is 0 Å². The Hall–Kier alpha value is -2.61. The second-order valence-electron chi connectivity index (χ2n) is 3.26. The van der Waals surface area contributed by atoms with E-state index in [9.17, 15) is 0 Å². The summed E-state index contributed by atoms with van der Waals surface area (Å²) in [5, 5.41) is 10.8. The Bertz CT molecular complexity index is 528. The highest BCUT2D eigenvalue weighted by atomic mass is 16.5. The van der Waals surface area contributed by atoms with Crippen LogP contribution in [0.15, 0.2) is 36.7 Å². The molecule has 0 fully saturated rings. The van der Waals surface area contributed by atoms with E-state index in [2.05, 4.69) is 15.3 Å². The lowest BCUT2D eigenvalue weighted by atomic mass is 10.1. The van der Waals surface area contributed by atoms with Crippen LogP contribution in [0, 0.1) is 11.5 Å². The summed E-state index contributed by atoms with van der Waals surface area (Å²) in [6.45, 7) is 0. The van der Waals surface area contributed by atoms with Crippen LogP contribution in [-0.4, -0.2) is 17.1 Å². The van der Waals surface area contributed by atoms with Crippen molar-refractivity contribution >= 4 is 5.95 Å². The fourth-order valence-electron chi connectivity index (χ4n) is 1.38. The first-order chi connectivity index (χ1) is 8.33. The van der Waals surface area contributed by atoms with E-state index >= 15 is 0 Å². The molecule has 0 radical (unpaired) electrons. The SMILES string of the molecule is COc1ccc(-c2cnc(NC#N)nc2)cc1. The summed E-state index contributed by atoms with van der Waals surface area (Å²) in [6.07, 6.45) is 5.09. The van der Waals surface area contributed by atoms with Crippen LogP contribution in [0.5, 0.6) is 5.75 Å². The maximum absolute atomic E-state index is 8.41. The molecule has 84 valence electrons. The number of hydrogen-bond acceptors (Lipinski definition) is 5. The Morgan fingerprint density at radius 1 is 1.12 bits per heavy atom. The van der Waals surface area contributed by atoms with Crippen molar-refractivity contribution < 1.29 is 4.74 Å². The van der Waals surface area contributed by atoms with Crippen LogP contribution >= 0.6 is 0 Å². The van der Waals surface area contributed by atoms with Crippen molar-refractivity contribution in [2.75, 3.05) is 12.4 Å². The molecule has 2 aromatic rings. The van der Waals surface area contributed by atoms with Gasteiger partial charge in [-0.1, -0.05) is 12.1 Å². The minimum absolute atomic E-state index is 0.296. The summed E-state index contributed by atoms with van der Waals surface area (Å²) < 4.78 is 5.08. The van der Waals surface area contributed by atoms with Crippen LogP contribution in [0.4, 0.5) is 5.95 Å². The van der Waals surface area contributed by atoms with Gasteiger partial charge < -0.3 is 4.74 Å². The Balaban J connectivity index is 2.24. The van der Waals surface area contributed by atoms with Gasteiger partial charge in [0.1, 0.15) is 5.75 Å². The van der Waals surface area contributed by atoms with Gasteiger partial charge in [-0.15, -0.1) is 0 Å². The van der Waals surface area contributed by atoms with Gasteiger partial charge in [-0.25, -0.2) is 9.97 Å². The van der Waals surface area contributed by atoms with Crippen molar-refractivity contribution in [3.63, 3.8) is 0 Å². The first-order valence-electron chi connectivity index (χ1n) is 4.95. The van der Waals surface area contributed by atoms with Crippen molar-refractivity contribution in [1.82, 2.24) is 9.97 Å². The maximum atomic E-state index is 8.41. The molecule has 5 heteroatoms. The molecule has 1 N–H and O–H groups in total. The number of hydrogen-bond donors (Lipinski definition) is 1. The molecule has 1 aromatic carbocycles. The number of aromatic nitrogens is 2. The number of anilines is 1. The highest BCUT2D eigenvalue weighted by Crippen LogP contribution is 2.21. The van der Waals surface area contributed by atoms with Gasteiger partial charge in [0.25, 0.3) is 0 Å². The minimum atomic E-state index is 0.296. The molecule has 0 saturated carbocycles. The normalized spacial score (nSPS) is 9.41. The van der Waals surface area contributed by atoms with Gasteiger partial charge in [0.05, 0.1) is 7.11 Å². The second-order valence-corrected chi connectivity index (χ2v) is 3.26. The van der Waals surface area contributed by atoms with Crippen molar-refractivity contribution in [1.29, 1.82) is 5.26 Å². The third-order valence-corrected chi connectivity index (χ3v) is 2.24. The lowest BCUT2D eigenvalue weighted by Crippen LogP contribution is -1.94. The van der Waals surface area contributed by atoms with Crippen molar-refractivity contribution in [3.05, 3.63) is 36.7 Å². The summed E-state index contributed by atoms with van der Waals surface area (Å²) in [5.41, 5.74) is 1.88. The first-order valence-corrected chi connectivity index (χ1v) is 4.95. The van der Waals surface area contributed by atoms with E-state index in [1.807, 2.05) is 24.3 Å². The molecule has 1 heterocycles. The zero-order chi connectivity index (χ0) is 12.1. The molecule has 2 rings (SSSR count). The average Bonchev–Trinajstić information content (AvgIpc) is 2.40. The van der Waals surface area contributed by atoms with Gasteiger partial charge in [-0.05, 0) is 17.7 Å². The molecule has 5 nitrogen and oxygen atoms in total. The Morgan fingerprint density at radius 2 is 1.76 bits per heavy atom. The molecule has 0 atom stereocenters. The number of rotatable bonds is 3. The molecule has 0 amide bonds. The molecule has 0 unspecified atom stereocenters. The third kappa shape index (κ3) is 2.49. The summed E-state index contributed by atoms with van der Waals surface area (Å²) in [7, 11) is 1.63. The van der Waals surface area contributed by atoms with Gasteiger partial charge in [0, 0.05) is 18.0 Å². The fraction of sp³-hybridized carbons (Fsp3) is 0.0833. The molecule has 0 bridgehead atoms. The average molecular weight is 226 g/mol. The topological polar surface area (TPSA) is 70.8 Å². The predicted molar refractivity (Wildman–Crippen MR) is 63.3 cm³/mol. The second kappa shape index (κ2) is 4.94. The number of ether oxygens (including phenoxy) is 1. The van der Waals surface area contributed by atoms with Gasteiger partial charge in [0.15, 0.2) is 6.19 Å². The molecule has 0 aliphatic rings. The number of methoxy groups -OCH3 is 1. The van der Waals surface area contributed by atoms with Crippen LogP contribution in [0.1, 0.15) is 0 Å². The smallest absolute Gasteiger partial charge is 0.236 e. The molecular weight excluding hydrogens is 216 g/mol. The fourth-order valence-corrected chi connectivity index (χ4v) is 1.38. The summed E-state index contributed by atoms with van der Waals surface area (Å²) in [5.74, 6) is 1.10. The largest absolute Gasteiger partial charge is 0.497 e. The lowest BCUT2D eigenvalue weighted by Gasteiger charge is -2.03. The van der Waals surface area contributed by atoms with E-state index in [0.29, 0.717) is 5.95 Å². The third-order valence-electron chi connectivity index (χ3n) is 2.24. The van der Waals surface area contributed by atoms with Crippen molar-refractivity contribution in [2.45, 2.75) is 0 Å². The van der Waals surface area contributed by atoms with E-state index in [-0.39, 0.29) is 0 Å². The van der Waals surface area contributed by atoms with Crippen LogP contribution in [0.3, 0.4) is 0 Å². The van der Waals surface area contributed by atoms with Crippen LogP contribution in [0.2, 0.25) is 0 Å². The molecule has 17 heavy (non-hydrogen) atoms. The quantitative estimate of drug-likeness (QED) is 0.640. The molecule has 0 saturated heterocycles. The summed E-state index contributed by atoms with van der Waals surface area (Å²) >= 11 is 0. The molecule has 0 aliphatic heterocycles. The standard InChI is InChI=1S/C12H10N4O/c1-17-11-4-2-9(3-5-11)10-6-14-12(15-7-10)16-8-13/h2-7H,1H3,(H,14,15,16). The zero-order valence-electron chi connectivity index (χ0n) is 9.21. The highest BCUT2D eigenvalue weighted by Gasteiger charge is 2.00. The van der Waals surface area contributed by atoms with E-state index in [1.54, 1.807) is 25.7 Å². The Kier molecular flexibility index (Phi) is 3.17. The molecule has 1 aromatic heterocycles. The summed E-state index contributed by atoms with van der Waals surface area (Å²) in [4.78, 5) is 8.02. The monoisotopic (exact) mass is 226 g/mol. The van der Waals surface area contributed by atoms with Crippen LogP contribution in [0.25, 0.3) is 11.1 Å². The summed E-state index contributed by atoms with van der Waals surface area (Å²) in [6, 6.07) is 7.59. The van der Waals surface area contributed by atoms with Crippen LogP contribution in [-0.2, 0) is 0 Å². The highest BCUT2D eigenvalue weighted by molar-refractivity contribution is 5.62. The Morgan fingerprint density at radius 3 is 2.29 bits per heavy atom. The predicted octanol–water partition coefficient (Wildman–Crippen LogP) is 2.05. The number of nitriles is 1. The van der Waals surface area contributed by atoms with Crippen LogP contribution < -0.4 is 10.1 Å². The minimum Gasteiger partial charge on any atom is -0.497 e. The zero-order valence-corrected chi connectivity index (χ0v) is 9.21. The van der Waals surface area contributed by atoms with Gasteiger partial charge in [0.2, 0.25) is 5.95 Å². The number of benzene rings is 1. The molecular formula is C12H10N4O. The number of nitrogens with zero attached hydrogens (tertiary/aromatic N) is 3. The van der Waals surface area contributed by atoms with E-state index in [4.69, 9.17) is 10.00 Å². The molecule has 0 spiro atoms. The van der Waals surface area contributed by atoms with Gasteiger partial charge >= 0.3 is 0 Å². The Labute approximate surface area is 98.7 Å². The maximum Gasteiger partial charge on any atom is 0.236 e. The number of nitrogens with one attached hydrogen (secondary N) is 1. The molecule has 0 aliphatic carbocycles. The van der Waals surface area contributed by atoms with Gasteiger partial charge in [-0.3, -0.25) is 5.32 Å². The van der Waals surface area contributed by atoms with Gasteiger partial charge in [-0.2, -0.15) is 5.26 Å². The lowest BCUT2D eigenvalue weighted by molar-refractivity contribution is 0.415. The van der Waals surface area contributed by atoms with Crippen molar-refractivity contribution in [2.24, 2.45) is 0 Å². The van der Waals surface area contributed by atoms with Crippen molar-refractivity contribution in [3.8, 4) is 23.1 Å². The van der Waals surface area contributed by atoms with E-state index in [0.717, 1.165) is 16.9 Å².